The number of ether oxygens (including phenoxy) is 1. The Hall–Kier alpha value is -3.55. The van der Waals surface area contributed by atoms with Gasteiger partial charge in [0, 0.05) is 55.2 Å². The minimum Gasteiger partial charge on any atom is -0.434 e. The highest BCUT2D eigenvalue weighted by molar-refractivity contribution is 7.88. The normalized spacial score (nSPS) is 15.8. The molecule has 1 N–H and O–H groups in total. The fourth-order valence-corrected chi connectivity index (χ4v) is 5.40. The first-order valence-corrected chi connectivity index (χ1v) is 14.3. The van der Waals surface area contributed by atoms with Crippen LogP contribution in [-0.4, -0.2) is 57.3 Å². The molecule has 212 valence electrons. The van der Waals surface area contributed by atoms with Gasteiger partial charge >= 0.3 is 6.61 Å². The third kappa shape index (κ3) is 5.28. The third-order valence-electron chi connectivity index (χ3n) is 6.98. The fourth-order valence-electron chi connectivity index (χ4n) is 5.02. The standard InChI is InChI=1S/C27H28F3N5O4S/c1-27(2,36)25-31-12-16(13-32-25)17-10-21-19(11-18(17)28)33-23-9-8-20(35(21)23)24-15(14-34(3)40(4,37)38)6-5-7-22(24)39-26(29)30/h5-7,10-13,20,26,36H,8-9,14H2,1-4H3/t20-/m1/s1. The Kier molecular flexibility index (Phi) is 7.09. The second kappa shape index (κ2) is 10.1. The summed E-state index contributed by atoms with van der Waals surface area (Å²) in [5, 5.41) is 10.2. The maximum Gasteiger partial charge on any atom is 0.387 e. The molecule has 0 unspecified atom stereocenters. The second-order valence-electron chi connectivity index (χ2n) is 10.4. The Balaban J connectivity index is 1.65. The van der Waals surface area contributed by atoms with Gasteiger partial charge < -0.3 is 14.4 Å². The van der Waals surface area contributed by atoms with Crippen LogP contribution in [0.2, 0.25) is 0 Å². The highest BCUT2D eigenvalue weighted by Gasteiger charge is 2.33. The van der Waals surface area contributed by atoms with Gasteiger partial charge in [0.15, 0.2) is 5.82 Å². The first kappa shape index (κ1) is 28.0. The van der Waals surface area contributed by atoms with Gasteiger partial charge in [-0.1, -0.05) is 12.1 Å². The van der Waals surface area contributed by atoms with Crippen molar-refractivity contribution >= 4 is 21.1 Å². The smallest absolute Gasteiger partial charge is 0.387 e. The minimum absolute atomic E-state index is 0.0577. The van der Waals surface area contributed by atoms with E-state index in [-0.39, 0.29) is 23.7 Å². The second-order valence-corrected chi connectivity index (χ2v) is 12.4. The monoisotopic (exact) mass is 575 g/mol. The van der Waals surface area contributed by atoms with Crippen molar-refractivity contribution in [1.29, 1.82) is 0 Å². The van der Waals surface area contributed by atoms with Crippen molar-refractivity contribution < 1.29 is 31.4 Å². The average molecular weight is 576 g/mol. The number of benzene rings is 2. The molecular formula is C27H28F3N5O4S. The van der Waals surface area contributed by atoms with Crippen LogP contribution in [0, 0.1) is 5.82 Å². The molecular weight excluding hydrogens is 547 g/mol. The summed E-state index contributed by atoms with van der Waals surface area (Å²) >= 11 is 0. The lowest BCUT2D eigenvalue weighted by molar-refractivity contribution is -0.0507. The molecule has 1 aliphatic heterocycles. The van der Waals surface area contributed by atoms with E-state index in [2.05, 4.69) is 15.0 Å². The van der Waals surface area contributed by atoms with Crippen LogP contribution in [0.4, 0.5) is 13.2 Å². The van der Waals surface area contributed by atoms with E-state index >= 15 is 4.39 Å². The molecule has 0 spiro atoms. The van der Waals surface area contributed by atoms with Crippen molar-refractivity contribution in [2.45, 2.75) is 51.5 Å². The zero-order valence-electron chi connectivity index (χ0n) is 22.3. The summed E-state index contributed by atoms with van der Waals surface area (Å²) in [5.74, 6) is 0.217. The first-order valence-electron chi connectivity index (χ1n) is 12.5. The highest BCUT2D eigenvalue weighted by Crippen LogP contribution is 2.43. The van der Waals surface area contributed by atoms with Crippen LogP contribution >= 0.6 is 0 Å². The molecule has 0 saturated heterocycles. The summed E-state index contributed by atoms with van der Waals surface area (Å²) in [7, 11) is -2.15. The van der Waals surface area contributed by atoms with Crippen molar-refractivity contribution in [3.05, 3.63) is 71.3 Å². The summed E-state index contributed by atoms with van der Waals surface area (Å²) in [6, 6.07) is 7.04. The Morgan fingerprint density at radius 1 is 1.23 bits per heavy atom. The number of imidazole rings is 1. The van der Waals surface area contributed by atoms with Gasteiger partial charge in [-0.25, -0.2) is 32.1 Å². The van der Waals surface area contributed by atoms with Gasteiger partial charge in [0.05, 0.1) is 23.3 Å². The van der Waals surface area contributed by atoms with Gasteiger partial charge in [0.2, 0.25) is 10.0 Å². The molecule has 4 aromatic rings. The molecule has 0 amide bonds. The van der Waals surface area contributed by atoms with Crippen LogP contribution in [0.15, 0.2) is 42.7 Å². The molecule has 0 aliphatic carbocycles. The molecule has 5 rings (SSSR count). The van der Waals surface area contributed by atoms with E-state index in [1.165, 1.54) is 31.6 Å². The van der Waals surface area contributed by atoms with Crippen molar-refractivity contribution in [3.63, 3.8) is 0 Å². The molecule has 2 aromatic carbocycles. The number of hydrogen-bond donors (Lipinski definition) is 1. The summed E-state index contributed by atoms with van der Waals surface area (Å²) < 4.78 is 74.3. The molecule has 40 heavy (non-hydrogen) atoms. The molecule has 3 heterocycles. The Labute approximate surface area is 229 Å². The maximum absolute atomic E-state index is 15.2. The van der Waals surface area contributed by atoms with Crippen LogP contribution in [0.5, 0.6) is 5.75 Å². The average Bonchev–Trinajstić information content (AvgIpc) is 3.41. The predicted molar refractivity (Wildman–Crippen MR) is 142 cm³/mol. The molecule has 0 bridgehead atoms. The summed E-state index contributed by atoms with van der Waals surface area (Å²) in [4.78, 5) is 12.9. The Bertz CT molecular complexity index is 1690. The van der Waals surface area contributed by atoms with Gasteiger partial charge in [-0.15, -0.1) is 0 Å². The third-order valence-corrected chi connectivity index (χ3v) is 8.24. The molecule has 0 radical (unpaired) electrons. The van der Waals surface area contributed by atoms with Gasteiger partial charge in [0.1, 0.15) is 23.0 Å². The molecule has 0 fully saturated rings. The highest BCUT2D eigenvalue weighted by atomic mass is 32.2. The Morgan fingerprint density at radius 2 is 1.93 bits per heavy atom. The molecule has 13 heteroatoms. The van der Waals surface area contributed by atoms with Crippen molar-refractivity contribution in [2.75, 3.05) is 13.3 Å². The topological polar surface area (TPSA) is 110 Å². The van der Waals surface area contributed by atoms with Gasteiger partial charge in [-0.05, 0) is 38.0 Å². The van der Waals surface area contributed by atoms with Gasteiger partial charge in [0.25, 0.3) is 0 Å². The molecule has 1 aliphatic rings. The largest absolute Gasteiger partial charge is 0.434 e. The predicted octanol–water partition coefficient (Wildman–Crippen LogP) is 4.39. The van der Waals surface area contributed by atoms with E-state index in [1.807, 2.05) is 4.57 Å². The van der Waals surface area contributed by atoms with Gasteiger partial charge in [-0.3, -0.25) is 0 Å². The Morgan fingerprint density at radius 3 is 2.55 bits per heavy atom. The maximum atomic E-state index is 15.2. The van der Waals surface area contributed by atoms with Crippen molar-refractivity contribution in [3.8, 4) is 16.9 Å². The first-order chi connectivity index (χ1) is 18.7. The van der Waals surface area contributed by atoms with E-state index in [4.69, 9.17) is 4.74 Å². The number of fused-ring (bicyclic) bond motifs is 3. The van der Waals surface area contributed by atoms with E-state index in [0.29, 0.717) is 46.4 Å². The zero-order chi connectivity index (χ0) is 29.0. The summed E-state index contributed by atoms with van der Waals surface area (Å²) in [6.45, 7) is -0.0589. The molecule has 2 aromatic heterocycles. The quantitative estimate of drug-likeness (QED) is 0.332. The number of alkyl halides is 2. The van der Waals surface area contributed by atoms with Crippen molar-refractivity contribution in [2.24, 2.45) is 0 Å². The summed E-state index contributed by atoms with van der Waals surface area (Å²) in [6.07, 6.45) is 4.90. The van der Waals surface area contributed by atoms with Crippen LogP contribution in [0.3, 0.4) is 0 Å². The van der Waals surface area contributed by atoms with E-state index in [1.54, 1.807) is 32.0 Å². The summed E-state index contributed by atoms with van der Waals surface area (Å²) in [5.41, 5.74) is 1.19. The van der Waals surface area contributed by atoms with Crippen molar-refractivity contribution in [1.82, 2.24) is 23.8 Å². The molecule has 1 atom stereocenters. The SMILES string of the molecule is CN(Cc1cccc(OC(F)F)c1[C@H]1CCc2nc3cc(F)c(-c4cnc(C(C)(C)O)nc4)cc3n21)S(C)(=O)=O. The van der Waals surface area contributed by atoms with Gasteiger partial charge in [-0.2, -0.15) is 8.78 Å². The number of aromatic nitrogens is 4. The number of nitrogens with zero attached hydrogens (tertiary/aromatic N) is 5. The number of sulfonamides is 1. The number of aryl methyl sites for hydroxylation is 1. The van der Waals surface area contributed by atoms with Crippen LogP contribution < -0.4 is 4.74 Å². The van der Waals surface area contributed by atoms with E-state index in [9.17, 15) is 22.3 Å². The lowest BCUT2D eigenvalue weighted by atomic mass is 9.96. The lowest BCUT2D eigenvalue weighted by Crippen LogP contribution is -2.26. The van der Waals surface area contributed by atoms with Crippen LogP contribution in [0.1, 0.15) is 49.1 Å². The fraction of sp³-hybridized carbons (Fsp3) is 0.370. The number of halogens is 3. The van der Waals surface area contributed by atoms with E-state index < -0.39 is 34.1 Å². The number of hydrogen-bond acceptors (Lipinski definition) is 7. The number of rotatable bonds is 8. The van der Waals surface area contributed by atoms with Crippen LogP contribution in [-0.2, 0) is 28.6 Å². The molecule has 0 saturated carbocycles. The van der Waals surface area contributed by atoms with E-state index in [0.717, 1.165) is 10.6 Å². The zero-order valence-corrected chi connectivity index (χ0v) is 23.1. The number of aliphatic hydroxyl groups is 1. The molecule has 9 nitrogen and oxygen atoms in total. The minimum atomic E-state index is -3.56. The van der Waals surface area contributed by atoms with Crippen LogP contribution in [0.25, 0.3) is 22.2 Å². The lowest BCUT2D eigenvalue weighted by Gasteiger charge is -2.24.